The molecule has 0 aliphatic carbocycles. The molecular formula is C10H23N3O3S. The highest BCUT2D eigenvalue weighted by Crippen LogP contribution is 2.27. The van der Waals surface area contributed by atoms with Gasteiger partial charge >= 0.3 is 0 Å². The first-order valence-corrected chi connectivity index (χ1v) is 7.29. The minimum atomic E-state index is -3.21. The van der Waals surface area contributed by atoms with Crippen molar-refractivity contribution in [3.8, 4) is 0 Å². The normalized spacial score (nSPS) is 13.5. The van der Waals surface area contributed by atoms with Crippen LogP contribution < -0.4 is 15.8 Å². The van der Waals surface area contributed by atoms with Crippen molar-refractivity contribution >= 4 is 15.9 Å². The molecule has 0 radical (unpaired) electrons. The lowest BCUT2D eigenvalue weighted by molar-refractivity contribution is -0.132. The summed E-state index contributed by atoms with van der Waals surface area (Å²) in [4.78, 5) is 11.9. The number of hydrogen-bond donors (Lipinski definition) is 3. The van der Waals surface area contributed by atoms with Crippen LogP contribution in [0.2, 0.25) is 0 Å². The van der Waals surface area contributed by atoms with Crippen molar-refractivity contribution in [2.24, 2.45) is 11.1 Å². The number of carbonyl (C=O) groups excluding carboxylic acids is 1. The molecule has 0 aromatic carbocycles. The minimum Gasteiger partial charge on any atom is -0.354 e. The Hall–Kier alpha value is -0.660. The van der Waals surface area contributed by atoms with Gasteiger partial charge in [-0.3, -0.25) is 4.79 Å². The summed E-state index contributed by atoms with van der Waals surface area (Å²) in [7, 11) is -3.21. The van der Waals surface area contributed by atoms with Gasteiger partial charge in [0, 0.05) is 18.6 Å². The summed E-state index contributed by atoms with van der Waals surface area (Å²) in [5.41, 5.74) is 4.54. The van der Waals surface area contributed by atoms with Gasteiger partial charge in [0.2, 0.25) is 15.9 Å². The Bertz CT molecular complexity index is 369. The van der Waals surface area contributed by atoms with Crippen molar-refractivity contribution in [1.82, 2.24) is 10.0 Å². The van der Waals surface area contributed by atoms with E-state index in [-0.39, 0.29) is 19.0 Å². The highest BCUT2D eigenvalue weighted by Gasteiger charge is 2.40. The summed E-state index contributed by atoms with van der Waals surface area (Å²) >= 11 is 0. The van der Waals surface area contributed by atoms with Crippen LogP contribution in [0.25, 0.3) is 0 Å². The Morgan fingerprint density at radius 3 is 2.00 bits per heavy atom. The number of amides is 1. The smallest absolute Gasteiger partial charge is 0.227 e. The van der Waals surface area contributed by atoms with Gasteiger partial charge < -0.3 is 11.1 Å². The first-order valence-electron chi connectivity index (χ1n) is 5.40. The second-order valence-corrected chi connectivity index (χ2v) is 7.10. The Labute approximate surface area is 103 Å². The SMILES string of the molecule is CC(C)(N)C(C)(C)C(=O)NCCNS(C)(=O)=O. The first-order chi connectivity index (χ1) is 7.38. The monoisotopic (exact) mass is 265 g/mol. The minimum absolute atomic E-state index is 0.172. The molecule has 4 N–H and O–H groups in total. The zero-order valence-electron chi connectivity index (χ0n) is 11.1. The molecule has 102 valence electrons. The number of nitrogens with one attached hydrogen (secondary N) is 2. The number of nitrogens with two attached hydrogens (primary N) is 1. The molecule has 0 heterocycles. The lowest BCUT2D eigenvalue weighted by Gasteiger charge is -2.36. The zero-order valence-corrected chi connectivity index (χ0v) is 11.9. The Morgan fingerprint density at radius 1 is 1.18 bits per heavy atom. The molecule has 0 fully saturated rings. The molecule has 7 heteroatoms. The Kier molecular flexibility index (Phi) is 5.12. The maximum atomic E-state index is 11.9. The van der Waals surface area contributed by atoms with Crippen LogP contribution >= 0.6 is 0 Å². The van der Waals surface area contributed by atoms with Gasteiger partial charge in [0.1, 0.15) is 0 Å². The largest absolute Gasteiger partial charge is 0.354 e. The van der Waals surface area contributed by atoms with E-state index in [1.807, 2.05) is 0 Å². The van der Waals surface area contributed by atoms with E-state index >= 15 is 0 Å². The Balaban J connectivity index is 4.21. The molecule has 0 atom stereocenters. The zero-order chi connectivity index (χ0) is 13.9. The van der Waals surface area contributed by atoms with Gasteiger partial charge in [0.25, 0.3) is 0 Å². The van der Waals surface area contributed by atoms with Gasteiger partial charge in [-0.15, -0.1) is 0 Å². The summed E-state index contributed by atoms with van der Waals surface area (Å²) in [6.45, 7) is 7.48. The molecule has 0 saturated heterocycles. The van der Waals surface area contributed by atoms with Gasteiger partial charge in [-0.25, -0.2) is 13.1 Å². The first kappa shape index (κ1) is 16.3. The lowest BCUT2D eigenvalue weighted by atomic mass is 9.74. The van der Waals surface area contributed by atoms with E-state index in [1.54, 1.807) is 27.7 Å². The topological polar surface area (TPSA) is 101 Å². The second kappa shape index (κ2) is 5.32. The molecule has 0 rings (SSSR count). The van der Waals surface area contributed by atoms with Crippen LogP contribution in [0, 0.1) is 5.41 Å². The summed E-state index contributed by atoms with van der Waals surface area (Å²) in [5.74, 6) is -0.194. The molecule has 0 aliphatic heterocycles. The van der Waals surface area contributed by atoms with Gasteiger partial charge in [-0.1, -0.05) is 0 Å². The second-order valence-electron chi connectivity index (χ2n) is 5.27. The summed E-state index contributed by atoms with van der Waals surface area (Å²) < 4.78 is 23.9. The molecule has 0 spiro atoms. The van der Waals surface area contributed by atoms with Gasteiger partial charge in [-0.05, 0) is 27.7 Å². The van der Waals surface area contributed by atoms with Crippen LogP contribution in [-0.4, -0.2) is 39.2 Å². The van der Waals surface area contributed by atoms with Gasteiger partial charge in [-0.2, -0.15) is 0 Å². The summed E-state index contributed by atoms with van der Waals surface area (Å²) in [6, 6.07) is 0. The van der Waals surface area contributed by atoms with E-state index in [0.29, 0.717) is 0 Å². The predicted octanol–water partition coefficient (Wildman–Crippen LogP) is -0.585. The van der Waals surface area contributed by atoms with Crippen LogP contribution in [0.4, 0.5) is 0 Å². The highest BCUT2D eigenvalue weighted by molar-refractivity contribution is 7.88. The lowest BCUT2D eigenvalue weighted by Crippen LogP contribution is -2.56. The third kappa shape index (κ3) is 5.47. The maximum Gasteiger partial charge on any atom is 0.227 e. The molecule has 0 unspecified atom stereocenters. The standard InChI is InChI=1S/C10H23N3O3S/c1-9(2,10(3,4)11)8(14)12-6-7-13-17(5,15)16/h13H,6-7,11H2,1-5H3,(H,12,14). The van der Waals surface area contributed by atoms with E-state index in [2.05, 4.69) is 10.0 Å². The summed E-state index contributed by atoms with van der Waals surface area (Å²) in [6.07, 6.45) is 1.07. The summed E-state index contributed by atoms with van der Waals surface area (Å²) in [5, 5.41) is 2.66. The maximum absolute atomic E-state index is 11.9. The van der Waals surface area contributed by atoms with Gasteiger partial charge in [0.15, 0.2) is 0 Å². The third-order valence-corrected chi connectivity index (χ3v) is 3.68. The van der Waals surface area contributed by atoms with E-state index in [9.17, 15) is 13.2 Å². The molecule has 0 saturated carbocycles. The number of rotatable bonds is 6. The molecule has 17 heavy (non-hydrogen) atoms. The predicted molar refractivity (Wildman–Crippen MR) is 67.9 cm³/mol. The van der Waals surface area contributed by atoms with E-state index in [1.165, 1.54) is 0 Å². The van der Waals surface area contributed by atoms with Crippen molar-refractivity contribution in [2.45, 2.75) is 33.2 Å². The number of carbonyl (C=O) groups is 1. The van der Waals surface area contributed by atoms with Crippen LogP contribution in [0.15, 0.2) is 0 Å². The van der Waals surface area contributed by atoms with Crippen molar-refractivity contribution in [3.05, 3.63) is 0 Å². The fourth-order valence-corrected chi connectivity index (χ4v) is 1.40. The third-order valence-electron chi connectivity index (χ3n) is 2.95. The quantitative estimate of drug-likeness (QED) is 0.559. The molecule has 0 bridgehead atoms. The van der Waals surface area contributed by atoms with Crippen LogP contribution in [0.3, 0.4) is 0 Å². The highest BCUT2D eigenvalue weighted by atomic mass is 32.2. The van der Waals surface area contributed by atoms with Gasteiger partial charge in [0.05, 0.1) is 11.7 Å². The van der Waals surface area contributed by atoms with E-state index < -0.39 is 21.0 Å². The van der Waals surface area contributed by atoms with Crippen molar-refractivity contribution < 1.29 is 13.2 Å². The average molecular weight is 265 g/mol. The average Bonchev–Trinajstić information content (AvgIpc) is 2.08. The van der Waals surface area contributed by atoms with Crippen LogP contribution in [-0.2, 0) is 14.8 Å². The number of hydrogen-bond acceptors (Lipinski definition) is 4. The fraction of sp³-hybridized carbons (Fsp3) is 0.900. The fourth-order valence-electron chi connectivity index (χ4n) is 0.926. The molecular weight excluding hydrogens is 242 g/mol. The van der Waals surface area contributed by atoms with Crippen molar-refractivity contribution in [2.75, 3.05) is 19.3 Å². The Morgan fingerprint density at radius 2 is 1.65 bits per heavy atom. The molecule has 1 amide bonds. The molecule has 0 aliphatic rings. The van der Waals surface area contributed by atoms with Crippen molar-refractivity contribution in [1.29, 1.82) is 0 Å². The molecule has 6 nitrogen and oxygen atoms in total. The van der Waals surface area contributed by atoms with E-state index in [4.69, 9.17) is 5.73 Å². The van der Waals surface area contributed by atoms with Crippen molar-refractivity contribution in [3.63, 3.8) is 0 Å². The number of sulfonamides is 1. The molecule has 0 aromatic heterocycles. The van der Waals surface area contributed by atoms with E-state index in [0.717, 1.165) is 6.26 Å². The van der Waals surface area contributed by atoms with Crippen LogP contribution in [0.5, 0.6) is 0 Å². The van der Waals surface area contributed by atoms with Crippen LogP contribution in [0.1, 0.15) is 27.7 Å². The molecule has 0 aromatic rings.